The molecule has 0 saturated heterocycles. The summed E-state index contributed by atoms with van der Waals surface area (Å²) in [7, 11) is 0. The van der Waals surface area contributed by atoms with Crippen LogP contribution >= 0.6 is 0 Å². The van der Waals surface area contributed by atoms with E-state index in [-0.39, 0.29) is 12.1 Å². The molecule has 0 aliphatic heterocycles. The molecule has 0 amide bonds. The minimum absolute atomic E-state index is 0.0659. The molecule has 80 valence electrons. The molecule has 0 bridgehead atoms. The molecule has 0 aromatic heterocycles. The van der Waals surface area contributed by atoms with Crippen LogP contribution < -0.4 is 5.32 Å². The Balaban J connectivity index is 2.66. The lowest BCUT2D eigenvalue weighted by Crippen LogP contribution is -2.57. The Labute approximate surface area is 86.1 Å². The number of nitrogens with zero attached hydrogens (tertiary/aromatic N) is 1. The van der Waals surface area contributed by atoms with Crippen LogP contribution in [0.5, 0.6) is 0 Å². The first-order valence-electron chi connectivity index (χ1n) is 5.35. The van der Waals surface area contributed by atoms with Gasteiger partial charge in [-0.25, -0.2) is 0 Å². The van der Waals surface area contributed by atoms with Crippen molar-refractivity contribution in [3.63, 3.8) is 0 Å². The molecule has 3 heteroatoms. The normalized spacial score (nSPS) is 21.6. The summed E-state index contributed by atoms with van der Waals surface area (Å²) in [6.07, 6.45) is 5.27. The lowest BCUT2D eigenvalue weighted by Gasteiger charge is -2.38. The highest BCUT2D eigenvalue weighted by atomic mass is 16.3. The SMILES string of the molecule is CC(C)(CO)NC1(C#N)CCCCC1. The number of rotatable bonds is 3. The Hall–Kier alpha value is -0.590. The molecule has 14 heavy (non-hydrogen) atoms. The number of aliphatic hydroxyl groups is 1. The van der Waals surface area contributed by atoms with E-state index in [0.29, 0.717) is 0 Å². The molecule has 1 fully saturated rings. The molecule has 1 rings (SSSR count). The van der Waals surface area contributed by atoms with Crippen LogP contribution in [0.1, 0.15) is 46.0 Å². The second-order valence-electron chi connectivity index (χ2n) is 4.92. The van der Waals surface area contributed by atoms with Gasteiger partial charge in [0.15, 0.2) is 0 Å². The van der Waals surface area contributed by atoms with Crippen molar-refractivity contribution in [1.29, 1.82) is 5.26 Å². The van der Waals surface area contributed by atoms with E-state index in [0.717, 1.165) is 25.7 Å². The summed E-state index contributed by atoms with van der Waals surface area (Å²) < 4.78 is 0. The maximum Gasteiger partial charge on any atom is 0.107 e. The lowest BCUT2D eigenvalue weighted by atomic mass is 9.81. The first kappa shape index (κ1) is 11.5. The van der Waals surface area contributed by atoms with Crippen LogP contribution in [0.15, 0.2) is 0 Å². The molecular formula is C11H20N2O. The second kappa shape index (κ2) is 4.29. The van der Waals surface area contributed by atoms with Gasteiger partial charge in [0.2, 0.25) is 0 Å². The van der Waals surface area contributed by atoms with Crippen molar-refractivity contribution in [2.75, 3.05) is 6.61 Å². The third kappa shape index (κ3) is 2.70. The van der Waals surface area contributed by atoms with Crippen LogP contribution in [0, 0.1) is 11.3 Å². The minimum atomic E-state index is -0.398. The Kier molecular flexibility index (Phi) is 3.52. The number of hydrogen-bond donors (Lipinski definition) is 2. The summed E-state index contributed by atoms with van der Waals surface area (Å²) in [5, 5.41) is 21.7. The van der Waals surface area contributed by atoms with Crippen LogP contribution in [0.4, 0.5) is 0 Å². The van der Waals surface area contributed by atoms with E-state index in [9.17, 15) is 5.26 Å². The van der Waals surface area contributed by atoms with Crippen molar-refractivity contribution in [3.05, 3.63) is 0 Å². The van der Waals surface area contributed by atoms with Gasteiger partial charge in [-0.2, -0.15) is 5.26 Å². The molecule has 3 nitrogen and oxygen atoms in total. The average molecular weight is 196 g/mol. The average Bonchev–Trinajstić information content (AvgIpc) is 2.19. The van der Waals surface area contributed by atoms with Gasteiger partial charge in [-0.1, -0.05) is 19.3 Å². The number of aliphatic hydroxyl groups excluding tert-OH is 1. The molecule has 0 spiro atoms. The van der Waals surface area contributed by atoms with Crippen LogP contribution in [-0.4, -0.2) is 22.8 Å². The Morgan fingerprint density at radius 2 is 1.93 bits per heavy atom. The monoisotopic (exact) mass is 196 g/mol. The Morgan fingerprint density at radius 1 is 1.36 bits per heavy atom. The third-order valence-electron chi connectivity index (χ3n) is 2.89. The minimum Gasteiger partial charge on any atom is -0.394 e. The first-order valence-corrected chi connectivity index (χ1v) is 5.35. The highest BCUT2D eigenvalue weighted by Crippen LogP contribution is 2.29. The van der Waals surface area contributed by atoms with Crippen LogP contribution in [0.3, 0.4) is 0 Å². The molecule has 0 unspecified atom stereocenters. The fraction of sp³-hybridized carbons (Fsp3) is 0.909. The van der Waals surface area contributed by atoms with Gasteiger partial charge < -0.3 is 5.11 Å². The van der Waals surface area contributed by atoms with Crippen molar-refractivity contribution < 1.29 is 5.11 Å². The van der Waals surface area contributed by atoms with Gasteiger partial charge >= 0.3 is 0 Å². The fourth-order valence-corrected chi connectivity index (χ4v) is 2.11. The zero-order valence-corrected chi connectivity index (χ0v) is 9.14. The van der Waals surface area contributed by atoms with Gasteiger partial charge in [-0.3, -0.25) is 5.32 Å². The summed E-state index contributed by atoms with van der Waals surface area (Å²) in [4.78, 5) is 0. The summed E-state index contributed by atoms with van der Waals surface area (Å²) in [5.41, 5.74) is -0.752. The van der Waals surface area contributed by atoms with Gasteiger partial charge in [0.25, 0.3) is 0 Å². The highest BCUT2D eigenvalue weighted by Gasteiger charge is 2.36. The first-order chi connectivity index (χ1) is 6.54. The molecule has 0 heterocycles. The highest BCUT2D eigenvalue weighted by molar-refractivity contribution is 5.10. The van der Waals surface area contributed by atoms with E-state index in [1.165, 1.54) is 6.42 Å². The van der Waals surface area contributed by atoms with Crippen molar-refractivity contribution >= 4 is 0 Å². The smallest absolute Gasteiger partial charge is 0.107 e. The summed E-state index contributed by atoms with van der Waals surface area (Å²) >= 11 is 0. The molecule has 0 radical (unpaired) electrons. The van der Waals surface area contributed by atoms with Crippen molar-refractivity contribution in [2.24, 2.45) is 0 Å². The van der Waals surface area contributed by atoms with E-state index in [4.69, 9.17) is 5.11 Å². The molecule has 1 saturated carbocycles. The molecule has 1 aliphatic carbocycles. The molecule has 1 aliphatic rings. The van der Waals surface area contributed by atoms with Crippen molar-refractivity contribution in [3.8, 4) is 6.07 Å². The number of nitrogens with one attached hydrogen (secondary N) is 1. The molecule has 0 aromatic carbocycles. The van der Waals surface area contributed by atoms with E-state index in [1.54, 1.807) is 0 Å². The Bertz CT molecular complexity index is 224. The van der Waals surface area contributed by atoms with Gasteiger partial charge in [0.05, 0.1) is 12.7 Å². The van der Waals surface area contributed by atoms with E-state index in [1.807, 2.05) is 13.8 Å². The van der Waals surface area contributed by atoms with E-state index >= 15 is 0 Å². The zero-order valence-electron chi connectivity index (χ0n) is 9.14. The van der Waals surface area contributed by atoms with Gasteiger partial charge in [0.1, 0.15) is 5.54 Å². The second-order valence-corrected chi connectivity index (χ2v) is 4.92. The van der Waals surface area contributed by atoms with Gasteiger partial charge in [-0.15, -0.1) is 0 Å². The summed E-state index contributed by atoms with van der Waals surface area (Å²) in [6.45, 7) is 3.93. The Morgan fingerprint density at radius 3 is 2.36 bits per heavy atom. The van der Waals surface area contributed by atoms with Crippen LogP contribution in [0.25, 0.3) is 0 Å². The largest absolute Gasteiger partial charge is 0.394 e. The standard InChI is InChI=1S/C11H20N2O/c1-10(2,9-14)13-11(8-12)6-4-3-5-7-11/h13-14H,3-7,9H2,1-2H3. The van der Waals surface area contributed by atoms with Crippen molar-refractivity contribution in [1.82, 2.24) is 5.32 Å². The molecule has 0 atom stereocenters. The molecular weight excluding hydrogens is 176 g/mol. The molecule has 2 N–H and O–H groups in total. The van der Waals surface area contributed by atoms with Gasteiger partial charge in [0, 0.05) is 5.54 Å². The fourth-order valence-electron chi connectivity index (χ4n) is 2.11. The molecule has 0 aromatic rings. The van der Waals surface area contributed by atoms with Crippen LogP contribution in [-0.2, 0) is 0 Å². The quantitative estimate of drug-likeness (QED) is 0.720. The van der Waals surface area contributed by atoms with Crippen LogP contribution in [0.2, 0.25) is 0 Å². The van der Waals surface area contributed by atoms with Crippen molar-refractivity contribution in [2.45, 2.75) is 57.0 Å². The lowest BCUT2D eigenvalue weighted by molar-refractivity contribution is 0.142. The maximum absolute atomic E-state index is 9.21. The predicted octanol–water partition coefficient (Wildman–Crippen LogP) is 1.57. The van der Waals surface area contributed by atoms with E-state index < -0.39 is 5.54 Å². The van der Waals surface area contributed by atoms with E-state index in [2.05, 4.69) is 11.4 Å². The zero-order chi connectivity index (χ0) is 10.7. The predicted molar refractivity (Wildman–Crippen MR) is 55.7 cm³/mol. The summed E-state index contributed by atoms with van der Waals surface area (Å²) in [6, 6.07) is 2.39. The third-order valence-corrected chi connectivity index (χ3v) is 2.89. The van der Waals surface area contributed by atoms with Gasteiger partial charge in [-0.05, 0) is 26.7 Å². The number of nitriles is 1. The number of hydrogen-bond acceptors (Lipinski definition) is 3. The maximum atomic E-state index is 9.21. The topological polar surface area (TPSA) is 56.0 Å². The summed E-state index contributed by atoms with van der Waals surface area (Å²) in [5.74, 6) is 0.